The van der Waals surface area contributed by atoms with Crippen LogP contribution in [-0.4, -0.2) is 48.3 Å². The van der Waals surface area contributed by atoms with E-state index in [9.17, 15) is 14.7 Å². The van der Waals surface area contributed by atoms with E-state index in [0.717, 1.165) is 5.56 Å². The first-order valence-electron chi connectivity index (χ1n) is 9.18. The fourth-order valence-corrected chi connectivity index (χ4v) is 3.49. The van der Waals surface area contributed by atoms with Crippen LogP contribution in [0.4, 0.5) is 0 Å². The van der Waals surface area contributed by atoms with E-state index in [-0.39, 0.29) is 42.9 Å². The molecule has 1 saturated carbocycles. The molecule has 0 radical (unpaired) electrons. The van der Waals surface area contributed by atoms with Crippen molar-refractivity contribution in [2.45, 2.75) is 51.7 Å². The van der Waals surface area contributed by atoms with Crippen LogP contribution in [0.15, 0.2) is 30.3 Å². The molecule has 3 N–H and O–H groups in total. The molecule has 0 aromatic heterocycles. The fourth-order valence-electron chi connectivity index (χ4n) is 3.49. The third kappa shape index (κ3) is 4.43. The lowest BCUT2D eigenvalue weighted by molar-refractivity contribution is -0.181. The Kier molecular flexibility index (Phi) is 6.78. The highest BCUT2D eigenvalue weighted by atomic mass is 16.5. The summed E-state index contributed by atoms with van der Waals surface area (Å²) in [5.41, 5.74) is -0.0750. The van der Waals surface area contributed by atoms with E-state index in [0.29, 0.717) is 19.4 Å². The number of rotatable bonds is 9. The standard InChI is InChI=1S/C20H30N2O4/c1-4-26-16-13-20(14-23,19(16,2)3)22-17(24)10-11-21-18(25)12-15-8-6-5-7-9-15/h5-9,16,23H,4,10-14H2,1-3H3,(H,21,25)(H,22,24). The zero-order chi connectivity index (χ0) is 19.2. The quantitative estimate of drug-likeness (QED) is 0.620. The molecule has 0 bridgehead atoms. The van der Waals surface area contributed by atoms with Crippen molar-refractivity contribution in [3.8, 4) is 0 Å². The molecule has 144 valence electrons. The van der Waals surface area contributed by atoms with Gasteiger partial charge in [-0.3, -0.25) is 9.59 Å². The van der Waals surface area contributed by atoms with E-state index in [1.165, 1.54) is 0 Å². The van der Waals surface area contributed by atoms with Crippen molar-refractivity contribution in [3.05, 3.63) is 35.9 Å². The Morgan fingerprint density at radius 2 is 1.92 bits per heavy atom. The van der Waals surface area contributed by atoms with Crippen LogP contribution in [0.25, 0.3) is 0 Å². The maximum atomic E-state index is 12.3. The third-order valence-electron chi connectivity index (χ3n) is 5.47. The molecule has 6 heteroatoms. The molecule has 1 aromatic carbocycles. The summed E-state index contributed by atoms with van der Waals surface area (Å²) in [4.78, 5) is 24.2. The lowest BCUT2D eigenvalue weighted by Crippen LogP contribution is -2.74. The maximum absolute atomic E-state index is 12.3. The summed E-state index contributed by atoms with van der Waals surface area (Å²) in [5, 5.41) is 15.6. The summed E-state index contributed by atoms with van der Waals surface area (Å²) in [6.07, 6.45) is 1.09. The van der Waals surface area contributed by atoms with Gasteiger partial charge in [0.2, 0.25) is 11.8 Å². The second-order valence-electron chi connectivity index (χ2n) is 7.42. The topological polar surface area (TPSA) is 87.7 Å². The second kappa shape index (κ2) is 8.64. The highest BCUT2D eigenvalue weighted by Gasteiger charge is 2.61. The van der Waals surface area contributed by atoms with E-state index in [1.807, 2.05) is 51.1 Å². The molecule has 0 spiro atoms. The van der Waals surface area contributed by atoms with Crippen LogP contribution in [0.5, 0.6) is 0 Å². The van der Waals surface area contributed by atoms with Crippen molar-refractivity contribution in [2.75, 3.05) is 19.8 Å². The van der Waals surface area contributed by atoms with E-state index >= 15 is 0 Å². The summed E-state index contributed by atoms with van der Waals surface area (Å²) >= 11 is 0. The van der Waals surface area contributed by atoms with Crippen LogP contribution in [0.1, 0.15) is 39.2 Å². The van der Waals surface area contributed by atoms with E-state index in [4.69, 9.17) is 4.74 Å². The Hall–Kier alpha value is -1.92. The largest absolute Gasteiger partial charge is 0.394 e. The molecule has 0 heterocycles. The van der Waals surface area contributed by atoms with Gasteiger partial charge in [0.15, 0.2) is 0 Å². The molecule has 1 aromatic rings. The van der Waals surface area contributed by atoms with Gasteiger partial charge in [-0.05, 0) is 12.5 Å². The number of hydrogen-bond acceptors (Lipinski definition) is 4. The molecule has 26 heavy (non-hydrogen) atoms. The van der Waals surface area contributed by atoms with Gasteiger partial charge in [-0.1, -0.05) is 44.2 Å². The van der Waals surface area contributed by atoms with Gasteiger partial charge in [-0.15, -0.1) is 0 Å². The van der Waals surface area contributed by atoms with Gasteiger partial charge in [-0.25, -0.2) is 0 Å². The molecular weight excluding hydrogens is 332 g/mol. The molecular formula is C20H30N2O4. The minimum Gasteiger partial charge on any atom is -0.394 e. The predicted octanol–water partition coefficient (Wildman–Crippen LogP) is 1.42. The fraction of sp³-hybridized carbons (Fsp3) is 0.600. The molecule has 0 aliphatic heterocycles. The van der Waals surface area contributed by atoms with E-state index in [1.54, 1.807) is 0 Å². The number of ether oxygens (including phenoxy) is 1. The summed E-state index contributed by atoms with van der Waals surface area (Å²) in [6.45, 7) is 6.68. The number of benzene rings is 1. The number of carbonyl (C=O) groups excluding carboxylic acids is 2. The number of hydrogen-bond donors (Lipinski definition) is 3. The number of nitrogens with one attached hydrogen (secondary N) is 2. The number of aliphatic hydroxyl groups is 1. The van der Waals surface area contributed by atoms with Gasteiger partial charge >= 0.3 is 0 Å². The zero-order valence-corrected chi connectivity index (χ0v) is 15.9. The highest BCUT2D eigenvalue weighted by molar-refractivity contribution is 5.80. The van der Waals surface area contributed by atoms with Gasteiger partial charge in [0.05, 0.1) is 24.7 Å². The van der Waals surface area contributed by atoms with Crippen LogP contribution in [0, 0.1) is 5.41 Å². The van der Waals surface area contributed by atoms with Gasteiger partial charge in [0.25, 0.3) is 0 Å². The first kappa shape index (κ1) is 20.4. The molecule has 2 amide bonds. The number of carbonyl (C=O) groups is 2. The molecule has 0 saturated heterocycles. The van der Waals surface area contributed by atoms with Crippen molar-refractivity contribution in [1.82, 2.24) is 10.6 Å². The molecule has 1 aliphatic rings. The molecule has 1 fully saturated rings. The van der Waals surface area contributed by atoms with Crippen molar-refractivity contribution in [1.29, 1.82) is 0 Å². The Balaban J connectivity index is 1.77. The van der Waals surface area contributed by atoms with Gasteiger partial charge in [0.1, 0.15) is 0 Å². The lowest BCUT2D eigenvalue weighted by Gasteiger charge is -2.60. The SMILES string of the molecule is CCOC1CC(CO)(NC(=O)CCNC(=O)Cc2ccccc2)C1(C)C. The van der Waals surface area contributed by atoms with Crippen LogP contribution in [-0.2, 0) is 20.7 Å². The second-order valence-corrected chi connectivity index (χ2v) is 7.42. The minimum atomic E-state index is -0.669. The molecule has 2 unspecified atom stereocenters. The average Bonchev–Trinajstić information content (AvgIpc) is 2.61. The van der Waals surface area contributed by atoms with Gasteiger partial charge in [0, 0.05) is 31.4 Å². The van der Waals surface area contributed by atoms with Gasteiger partial charge < -0.3 is 20.5 Å². The summed E-state index contributed by atoms with van der Waals surface area (Å²) < 4.78 is 5.68. The Labute approximate surface area is 155 Å². The predicted molar refractivity (Wildman–Crippen MR) is 99.5 cm³/mol. The van der Waals surface area contributed by atoms with Crippen LogP contribution in [0.2, 0.25) is 0 Å². The summed E-state index contributed by atoms with van der Waals surface area (Å²) in [6, 6.07) is 9.47. The summed E-state index contributed by atoms with van der Waals surface area (Å²) in [7, 11) is 0. The first-order chi connectivity index (χ1) is 12.3. The van der Waals surface area contributed by atoms with Crippen molar-refractivity contribution in [3.63, 3.8) is 0 Å². The molecule has 1 aliphatic carbocycles. The normalized spacial score (nSPS) is 23.8. The first-order valence-corrected chi connectivity index (χ1v) is 9.18. The Bertz CT molecular complexity index is 617. The smallest absolute Gasteiger partial charge is 0.224 e. The van der Waals surface area contributed by atoms with Crippen molar-refractivity contribution < 1.29 is 19.4 Å². The average molecular weight is 362 g/mol. The summed E-state index contributed by atoms with van der Waals surface area (Å²) in [5.74, 6) is -0.289. The minimum absolute atomic E-state index is 0.0190. The lowest BCUT2D eigenvalue weighted by atomic mass is 9.54. The Morgan fingerprint density at radius 1 is 1.23 bits per heavy atom. The number of aliphatic hydroxyl groups excluding tert-OH is 1. The van der Waals surface area contributed by atoms with E-state index < -0.39 is 5.54 Å². The van der Waals surface area contributed by atoms with Crippen molar-refractivity contribution in [2.24, 2.45) is 5.41 Å². The molecule has 6 nitrogen and oxygen atoms in total. The maximum Gasteiger partial charge on any atom is 0.224 e. The molecule has 2 atom stereocenters. The van der Waals surface area contributed by atoms with Crippen molar-refractivity contribution >= 4 is 11.8 Å². The molecule has 2 rings (SSSR count). The zero-order valence-electron chi connectivity index (χ0n) is 15.9. The van der Waals surface area contributed by atoms with E-state index in [2.05, 4.69) is 10.6 Å². The number of amides is 2. The van der Waals surface area contributed by atoms with Crippen LogP contribution < -0.4 is 10.6 Å². The van der Waals surface area contributed by atoms with Crippen LogP contribution in [0.3, 0.4) is 0 Å². The van der Waals surface area contributed by atoms with Gasteiger partial charge in [-0.2, -0.15) is 0 Å². The Morgan fingerprint density at radius 3 is 2.50 bits per heavy atom. The highest BCUT2D eigenvalue weighted by Crippen LogP contribution is 2.51. The third-order valence-corrected chi connectivity index (χ3v) is 5.47. The monoisotopic (exact) mass is 362 g/mol. The van der Waals surface area contributed by atoms with Crippen LogP contribution >= 0.6 is 0 Å².